The van der Waals surface area contributed by atoms with Gasteiger partial charge in [-0.15, -0.1) is 12.3 Å². The Morgan fingerprint density at radius 1 is 1.35 bits per heavy atom. The lowest BCUT2D eigenvalue weighted by atomic mass is 9.95. The van der Waals surface area contributed by atoms with E-state index in [0.717, 1.165) is 12.8 Å². The Bertz CT molecular complexity index is 276. The summed E-state index contributed by atoms with van der Waals surface area (Å²) in [6.07, 6.45) is 11.9. The van der Waals surface area contributed by atoms with Crippen molar-refractivity contribution in [3.8, 4) is 12.3 Å². The average molecular weight is 236 g/mol. The van der Waals surface area contributed by atoms with Crippen LogP contribution < -0.4 is 10.6 Å². The summed E-state index contributed by atoms with van der Waals surface area (Å²) < 4.78 is 0. The molecule has 2 atom stereocenters. The number of hydrogen-bond donors (Lipinski definition) is 2. The Labute approximate surface area is 105 Å². The molecule has 1 saturated carbocycles. The van der Waals surface area contributed by atoms with Crippen molar-refractivity contribution in [2.24, 2.45) is 0 Å². The van der Waals surface area contributed by atoms with Gasteiger partial charge in [-0.05, 0) is 26.7 Å². The van der Waals surface area contributed by atoms with Crippen molar-refractivity contribution >= 4 is 5.91 Å². The van der Waals surface area contributed by atoms with E-state index in [9.17, 15) is 4.79 Å². The topological polar surface area (TPSA) is 41.1 Å². The third-order valence-corrected chi connectivity index (χ3v) is 3.30. The number of carbonyl (C=O) groups is 1. The van der Waals surface area contributed by atoms with E-state index in [-0.39, 0.29) is 18.0 Å². The lowest BCUT2D eigenvalue weighted by molar-refractivity contribution is -0.123. The number of nitrogens with one attached hydrogen (secondary N) is 2. The van der Waals surface area contributed by atoms with Gasteiger partial charge < -0.3 is 10.6 Å². The first-order valence-corrected chi connectivity index (χ1v) is 6.63. The predicted molar refractivity (Wildman–Crippen MR) is 70.5 cm³/mol. The molecule has 0 aliphatic heterocycles. The summed E-state index contributed by atoms with van der Waals surface area (Å²) in [4.78, 5) is 11.9. The van der Waals surface area contributed by atoms with Crippen molar-refractivity contribution in [1.82, 2.24) is 10.6 Å². The zero-order valence-corrected chi connectivity index (χ0v) is 11.0. The maximum atomic E-state index is 11.9. The normalized spacial score (nSPS) is 20.3. The third kappa shape index (κ3) is 5.23. The van der Waals surface area contributed by atoms with Crippen LogP contribution in [0.1, 0.15) is 52.4 Å². The molecule has 96 valence electrons. The molecule has 1 aliphatic carbocycles. The number of rotatable bonds is 5. The highest BCUT2D eigenvalue weighted by Gasteiger charge is 2.20. The van der Waals surface area contributed by atoms with Gasteiger partial charge in [0.2, 0.25) is 5.91 Å². The van der Waals surface area contributed by atoms with Crippen molar-refractivity contribution in [2.45, 2.75) is 70.5 Å². The molecule has 0 radical (unpaired) electrons. The van der Waals surface area contributed by atoms with Crippen LogP contribution >= 0.6 is 0 Å². The van der Waals surface area contributed by atoms with Crippen molar-refractivity contribution in [3.63, 3.8) is 0 Å². The van der Waals surface area contributed by atoms with Crippen LogP contribution in [0.25, 0.3) is 0 Å². The van der Waals surface area contributed by atoms with E-state index in [0.29, 0.717) is 12.5 Å². The van der Waals surface area contributed by atoms with Crippen LogP contribution in [0.5, 0.6) is 0 Å². The quantitative estimate of drug-likeness (QED) is 0.715. The van der Waals surface area contributed by atoms with Crippen molar-refractivity contribution < 1.29 is 4.79 Å². The smallest absolute Gasteiger partial charge is 0.237 e. The summed E-state index contributed by atoms with van der Waals surface area (Å²) in [6.45, 7) is 3.90. The second kappa shape index (κ2) is 7.34. The van der Waals surface area contributed by atoms with Gasteiger partial charge in [0.05, 0.1) is 6.04 Å². The van der Waals surface area contributed by atoms with Gasteiger partial charge in [0, 0.05) is 18.5 Å². The van der Waals surface area contributed by atoms with E-state index in [4.69, 9.17) is 6.42 Å². The molecule has 17 heavy (non-hydrogen) atoms. The minimum absolute atomic E-state index is 0.0979. The highest BCUT2D eigenvalue weighted by Crippen LogP contribution is 2.17. The van der Waals surface area contributed by atoms with Crippen LogP contribution in [-0.2, 0) is 4.79 Å². The standard InChI is InChI=1S/C14H24N2O/c1-4-8-11(2)15-12(3)14(17)16-13-9-6-5-7-10-13/h1,11-13,15H,5-10H2,2-3H3,(H,16,17). The molecule has 0 aromatic heterocycles. The van der Waals surface area contributed by atoms with Crippen LogP contribution in [0.4, 0.5) is 0 Å². The lowest BCUT2D eigenvalue weighted by Gasteiger charge is -2.25. The fraction of sp³-hybridized carbons (Fsp3) is 0.786. The van der Waals surface area contributed by atoms with Crippen LogP contribution in [0, 0.1) is 12.3 Å². The summed E-state index contributed by atoms with van der Waals surface area (Å²) in [6, 6.07) is 0.399. The first-order chi connectivity index (χ1) is 8.13. The van der Waals surface area contributed by atoms with Gasteiger partial charge in [-0.2, -0.15) is 0 Å². The zero-order valence-electron chi connectivity index (χ0n) is 11.0. The lowest BCUT2D eigenvalue weighted by Crippen LogP contribution is -2.49. The molecule has 0 saturated heterocycles. The van der Waals surface area contributed by atoms with Crippen LogP contribution in [0.3, 0.4) is 0 Å². The second-order valence-corrected chi connectivity index (χ2v) is 5.04. The van der Waals surface area contributed by atoms with Crippen LogP contribution in [0.2, 0.25) is 0 Å². The summed E-state index contributed by atoms with van der Waals surface area (Å²) in [5.41, 5.74) is 0. The van der Waals surface area contributed by atoms with Gasteiger partial charge in [-0.3, -0.25) is 4.79 Å². The third-order valence-electron chi connectivity index (χ3n) is 3.30. The molecule has 0 heterocycles. The molecule has 0 spiro atoms. The molecule has 3 nitrogen and oxygen atoms in total. The van der Waals surface area contributed by atoms with Gasteiger partial charge >= 0.3 is 0 Å². The van der Waals surface area contributed by atoms with Gasteiger partial charge in [0.1, 0.15) is 0 Å². The van der Waals surface area contributed by atoms with E-state index in [2.05, 4.69) is 16.6 Å². The first-order valence-electron chi connectivity index (χ1n) is 6.63. The summed E-state index contributed by atoms with van der Waals surface area (Å²) in [5.74, 6) is 2.70. The largest absolute Gasteiger partial charge is 0.352 e. The molecule has 2 N–H and O–H groups in total. The Morgan fingerprint density at radius 3 is 2.59 bits per heavy atom. The second-order valence-electron chi connectivity index (χ2n) is 5.04. The molecule has 1 aliphatic rings. The number of carbonyl (C=O) groups excluding carboxylic acids is 1. The SMILES string of the molecule is C#CCC(C)NC(C)C(=O)NC1CCCCC1. The van der Waals surface area contributed by atoms with E-state index < -0.39 is 0 Å². The number of hydrogen-bond acceptors (Lipinski definition) is 2. The highest BCUT2D eigenvalue weighted by molar-refractivity contribution is 5.81. The summed E-state index contributed by atoms with van der Waals surface area (Å²) in [7, 11) is 0. The molecule has 0 aromatic carbocycles. The van der Waals surface area contributed by atoms with E-state index in [1.54, 1.807) is 0 Å². The number of amides is 1. The Balaban J connectivity index is 2.28. The van der Waals surface area contributed by atoms with Gasteiger partial charge in [0.15, 0.2) is 0 Å². The van der Waals surface area contributed by atoms with Crippen LogP contribution in [0.15, 0.2) is 0 Å². The van der Waals surface area contributed by atoms with Crippen molar-refractivity contribution in [2.75, 3.05) is 0 Å². The first kappa shape index (κ1) is 14.1. The minimum atomic E-state index is -0.166. The fourth-order valence-corrected chi connectivity index (χ4v) is 2.31. The van der Waals surface area contributed by atoms with Gasteiger partial charge in [-0.1, -0.05) is 19.3 Å². The molecular formula is C14H24N2O. The summed E-state index contributed by atoms with van der Waals surface area (Å²) in [5, 5.41) is 6.33. The minimum Gasteiger partial charge on any atom is -0.352 e. The van der Waals surface area contributed by atoms with E-state index in [1.165, 1.54) is 19.3 Å². The molecule has 0 bridgehead atoms. The predicted octanol–water partition coefficient (Wildman–Crippen LogP) is 1.83. The van der Waals surface area contributed by atoms with Gasteiger partial charge in [0.25, 0.3) is 0 Å². The molecule has 0 aromatic rings. The molecule has 1 fully saturated rings. The van der Waals surface area contributed by atoms with Gasteiger partial charge in [-0.25, -0.2) is 0 Å². The maximum Gasteiger partial charge on any atom is 0.237 e. The number of terminal acetylenes is 1. The molecule has 3 heteroatoms. The molecular weight excluding hydrogens is 212 g/mol. The zero-order chi connectivity index (χ0) is 12.7. The Hall–Kier alpha value is -1.01. The average Bonchev–Trinajstić information content (AvgIpc) is 2.30. The molecule has 1 rings (SSSR count). The summed E-state index contributed by atoms with van der Waals surface area (Å²) >= 11 is 0. The van der Waals surface area contributed by atoms with E-state index in [1.807, 2.05) is 13.8 Å². The molecule has 1 amide bonds. The van der Waals surface area contributed by atoms with Crippen LogP contribution in [-0.4, -0.2) is 24.0 Å². The Morgan fingerprint density at radius 2 is 2.00 bits per heavy atom. The van der Waals surface area contributed by atoms with Crippen molar-refractivity contribution in [3.05, 3.63) is 0 Å². The molecule has 2 unspecified atom stereocenters. The Kier molecular flexibility index (Phi) is 6.07. The van der Waals surface area contributed by atoms with E-state index >= 15 is 0 Å². The maximum absolute atomic E-state index is 11.9. The highest BCUT2D eigenvalue weighted by atomic mass is 16.2. The monoisotopic (exact) mass is 236 g/mol. The van der Waals surface area contributed by atoms with Crippen molar-refractivity contribution in [1.29, 1.82) is 0 Å². The fourth-order valence-electron chi connectivity index (χ4n) is 2.31.